The molecule has 2 N–H and O–H groups in total. The lowest BCUT2D eigenvalue weighted by Crippen LogP contribution is -2.40. The van der Waals surface area contributed by atoms with E-state index >= 15 is 0 Å². The van der Waals surface area contributed by atoms with Gasteiger partial charge in [-0.2, -0.15) is 0 Å². The fourth-order valence-electron chi connectivity index (χ4n) is 1.63. The first-order valence-corrected chi connectivity index (χ1v) is 6.21. The van der Waals surface area contributed by atoms with Crippen LogP contribution in [-0.4, -0.2) is 34.1 Å². The number of carbonyl (C=O) groups is 2. The Hall–Kier alpha value is -2.64. The van der Waals surface area contributed by atoms with Gasteiger partial charge in [-0.3, -0.25) is 14.9 Å². The molecule has 0 saturated heterocycles. The number of nitrogens with one attached hydrogen (secondary N) is 1. The van der Waals surface area contributed by atoms with E-state index in [4.69, 9.17) is 9.84 Å². The molecule has 8 nitrogen and oxygen atoms in total. The van der Waals surface area contributed by atoms with Crippen molar-refractivity contribution in [3.63, 3.8) is 0 Å². The van der Waals surface area contributed by atoms with E-state index in [1.165, 1.54) is 19.1 Å². The van der Waals surface area contributed by atoms with Gasteiger partial charge in [0.15, 0.2) is 11.7 Å². The third kappa shape index (κ3) is 4.16. The van der Waals surface area contributed by atoms with E-state index in [1.54, 1.807) is 13.8 Å². The summed E-state index contributed by atoms with van der Waals surface area (Å²) in [5.41, 5.74) is -1.16. The molecule has 0 aliphatic carbocycles. The molecule has 0 spiro atoms. The van der Waals surface area contributed by atoms with Crippen molar-refractivity contribution in [3.05, 3.63) is 33.9 Å². The van der Waals surface area contributed by atoms with Gasteiger partial charge in [-0.15, -0.1) is 0 Å². The number of benzene rings is 1. The predicted molar refractivity (Wildman–Crippen MR) is 73.4 cm³/mol. The van der Waals surface area contributed by atoms with Crippen LogP contribution in [0.25, 0.3) is 0 Å². The molecular formula is C13H16N2O6. The fourth-order valence-corrected chi connectivity index (χ4v) is 1.63. The number of carbonyl (C=O) groups excluding carboxylic acids is 1. The van der Waals surface area contributed by atoms with E-state index in [9.17, 15) is 19.7 Å². The number of aromatic carboxylic acids is 1. The van der Waals surface area contributed by atoms with Gasteiger partial charge in [-0.1, -0.05) is 6.07 Å². The highest BCUT2D eigenvalue weighted by atomic mass is 16.6. The topological polar surface area (TPSA) is 119 Å². The van der Waals surface area contributed by atoms with Crippen LogP contribution < -0.4 is 10.1 Å². The van der Waals surface area contributed by atoms with Crippen LogP contribution in [0.3, 0.4) is 0 Å². The Labute approximate surface area is 120 Å². The van der Waals surface area contributed by atoms with E-state index in [-0.39, 0.29) is 11.8 Å². The van der Waals surface area contributed by atoms with Crippen LogP contribution in [0.1, 0.15) is 31.1 Å². The summed E-state index contributed by atoms with van der Waals surface area (Å²) in [6.07, 6.45) is -0.979. The van der Waals surface area contributed by atoms with E-state index in [1.807, 2.05) is 0 Å². The molecule has 1 atom stereocenters. The monoisotopic (exact) mass is 296 g/mol. The summed E-state index contributed by atoms with van der Waals surface area (Å²) < 4.78 is 5.26. The van der Waals surface area contributed by atoms with Crippen LogP contribution in [-0.2, 0) is 4.79 Å². The SMILES string of the molecule is CC(C)NC(=O)C(C)Oc1cccc([N+](=O)[O-])c1C(=O)O. The van der Waals surface area contributed by atoms with Crippen LogP contribution >= 0.6 is 0 Å². The van der Waals surface area contributed by atoms with Gasteiger partial charge >= 0.3 is 5.97 Å². The lowest BCUT2D eigenvalue weighted by molar-refractivity contribution is -0.385. The molecule has 0 aliphatic heterocycles. The number of nitro groups is 1. The molecule has 114 valence electrons. The number of carboxylic acid groups (broad SMARTS) is 1. The largest absolute Gasteiger partial charge is 0.480 e. The van der Waals surface area contributed by atoms with Crippen molar-refractivity contribution in [2.45, 2.75) is 32.9 Å². The summed E-state index contributed by atoms with van der Waals surface area (Å²) in [6.45, 7) is 4.96. The van der Waals surface area contributed by atoms with Crippen molar-refractivity contribution in [2.24, 2.45) is 0 Å². The number of hydrogen-bond acceptors (Lipinski definition) is 5. The highest BCUT2D eigenvalue weighted by molar-refractivity contribution is 5.95. The molecule has 8 heteroatoms. The molecule has 1 aromatic carbocycles. The number of rotatable bonds is 6. The molecule has 0 aromatic heterocycles. The van der Waals surface area contributed by atoms with Crippen molar-refractivity contribution in [2.75, 3.05) is 0 Å². The summed E-state index contributed by atoms with van der Waals surface area (Å²) >= 11 is 0. The van der Waals surface area contributed by atoms with E-state index < -0.39 is 34.2 Å². The second-order valence-electron chi connectivity index (χ2n) is 4.64. The third-order valence-electron chi connectivity index (χ3n) is 2.52. The minimum absolute atomic E-state index is 0.104. The van der Waals surface area contributed by atoms with E-state index in [2.05, 4.69) is 5.32 Å². The predicted octanol–water partition coefficient (Wildman–Crippen LogP) is 1.58. The van der Waals surface area contributed by atoms with Crippen LogP contribution in [0.2, 0.25) is 0 Å². The van der Waals surface area contributed by atoms with Crippen molar-refractivity contribution in [3.8, 4) is 5.75 Å². The summed E-state index contributed by atoms with van der Waals surface area (Å²) in [6, 6.07) is 3.53. The maximum Gasteiger partial charge on any atom is 0.346 e. The minimum Gasteiger partial charge on any atom is -0.480 e. The highest BCUT2D eigenvalue weighted by Gasteiger charge is 2.27. The van der Waals surface area contributed by atoms with Gasteiger partial charge in [-0.05, 0) is 26.8 Å². The number of nitro benzene ring substituents is 1. The summed E-state index contributed by atoms with van der Waals surface area (Å²) in [4.78, 5) is 33.0. The molecular weight excluding hydrogens is 280 g/mol. The van der Waals surface area contributed by atoms with Gasteiger partial charge in [0.05, 0.1) is 4.92 Å². The van der Waals surface area contributed by atoms with Crippen LogP contribution in [0.4, 0.5) is 5.69 Å². The molecule has 1 rings (SSSR count). The Bertz CT molecular complexity index is 570. The lowest BCUT2D eigenvalue weighted by Gasteiger charge is -2.17. The van der Waals surface area contributed by atoms with Gasteiger partial charge in [0.2, 0.25) is 0 Å². The Morgan fingerprint density at radius 3 is 2.43 bits per heavy atom. The summed E-state index contributed by atoms with van der Waals surface area (Å²) in [5, 5.41) is 22.6. The Kier molecular flexibility index (Phi) is 5.23. The average Bonchev–Trinajstić information content (AvgIpc) is 2.37. The first-order chi connectivity index (χ1) is 9.73. The van der Waals surface area contributed by atoms with Crippen LogP contribution in [0, 0.1) is 10.1 Å². The molecule has 1 aromatic rings. The number of carboxylic acids is 1. The fraction of sp³-hybridized carbons (Fsp3) is 0.385. The van der Waals surface area contributed by atoms with E-state index in [0.29, 0.717) is 0 Å². The first kappa shape index (κ1) is 16.4. The van der Waals surface area contributed by atoms with Gasteiger partial charge in [-0.25, -0.2) is 4.79 Å². The van der Waals surface area contributed by atoms with Crippen molar-refractivity contribution < 1.29 is 24.4 Å². The van der Waals surface area contributed by atoms with Gasteiger partial charge in [0.25, 0.3) is 11.6 Å². The zero-order valence-electron chi connectivity index (χ0n) is 11.8. The van der Waals surface area contributed by atoms with Gasteiger partial charge < -0.3 is 15.2 Å². The van der Waals surface area contributed by atoms with Crippen molar-refractivity contribution >= 4 is 17.6 Å². The van der Waals surface area contributed by atoms with Crippen LogP contribution in [0.15, 0.2) is 18.2 Å². The quantitative estimate of drug-likeness (QED) is 0.607. The molecule has 0 fully saturated rings. The third-order valence-corrected chi connectivity index (χ3v) is 2.52. The molecule has 1 unspecified atom stereocenters. The minimum atomic E-state index is -1.49. The normalized spacial score (nSPS) is 11.8. The Balaban J connectivity index is 3.08. The number of ether oxygens (including phenoxy) is 1. The molecule has 0 bridgehead atoms. The maximum absolute atomic E-state index is 11.7. The average molecular weight is 296 g/mol. The molecule has 0 heterocycles. The highest BCUT2D eigenvalue weighted by Crippen LogP contribution is 2.29. The molecule has 21 heavy (non-hydrogen) atoms. The second-order valence-corrected chi connectivity index (χ2v) is 4.64. The summed E-state index contributed by atoms with van der Waals surface area (Å²) in [7, 11) is 0. The van der Waals surface area contributed by atoms with E-state index in [0.717, 1.165) is 6.07 Å². The smallest absolute Gasteiger partial charge is 0.346 e. The standard InChI is InChI=1S/C13H16N2O6/c1-7(2)14-12(16)8(3)21-10-6-4-5-9(15(19)20)11(10)13(17)18/h4-8H,1-3H3,(H,14,16)(H,17,18). The summed E-state index contributed by atoms with van der Waals surface area (Å²) in [5.74, 6) is -2.15. The number of amides is 1. The molecule has 0 radical (unpaired) electrons. The second kappa shape index (κ2) is 6.69. The Morgan fingerprint density at radius 1 is 1.33 bits per heavy atom. The molecule has 0 saturated carbocycles. The van der Waals surface area contributed by atoms with Crippen LogP contribution in [0.5, 0.6) is 5.75 Å². The number of nitrogens with zero attached hydrogens (tertiary/aromatic N) is 1. The van der Waals surface area contributed by atoms with Crippen molar-refractivity contribution in [1.29, 1.82) is 0 Å². The van der Waals surface area contributed by atoms with Gasteiger partial charge in [0.1, 0.15) is 5.75 Å². The zero-order chi connectivity index (χ0) is 16.2. The lowest BCUT2D eigenvalue weighted by atomic mass is 10.1. The molecule has 1 amide bonds. The molecule has 0 aliphatic rings. The maximum atomic E-state index is 11.7. The Morgan fingerprint density at radius 2 is 1.95 bits per heavy atom. The number of hydrogen-bond donors (Lipinski definition) is 2. The van der Waals surface area contributed by atoms with Gasteiger partial charge in [0, 0.05) is 12.1 Å². The zero-order valence-corrected chi connectivity index (χ0v) is 11.8. The first-order valence-electron chi connectivity index (χ1n) is 6.21. The van der Waals surface area contributed by atoms with Crippen molar-refractivity contribution in [1.82, 2.24) is 5.32 Å².